The Morgan fingerprint density at radius 2 is 1.83 bits per heavy atom. The maximum atomic E-state index is 12.5. The Hall–Kier alpha value is -2.51. The molecule has 0 spiro atoms. The summed E-state index contributed by atoms with van der Waals surface area (Å²) in [7, 11) is 7.29. The number of methoxy groups -OCH3 is 2. The largest absolute Gasteiger partial charge is 0.496 e. The number of hydrogen-bond acceptors (Lipinski definition) is 6. The number of nitrogens with zero attached hydrogens (tertiary/aromatic N) is 4. The van der Waals surface area contributed by atoms with Gasteiger partial charge in [0.2, 0.25) is 5.69 Å². The average Bonchev–Trinajstić information content (AvgIpc) is 3.54. The number of ether oxygens (including phenoxy) is 2. The summed E-state index contributed by atoms with van der Waals surface area (Å²) in [5, 5.41) is 0. The molecule has 3 rings (SSSR count). The van der Waals surface area contributed by atoms with Crippen LogP contribution in [0, 0.1) is 20.8 Å². The number of quaternary nitrogens is 1. The highest BCUT2D eigenvalue weighted by atomic mass is 16.5. The van der Waals surface area contributed by atoms with Gasteiger partial charge >= 0.3 is 6.41 Å². The molecule has 0 aliphatic heterocycles. The lowest BCUT2D eigenvalue weighted by Gasteiger charge is -2.34. The van der Waals surface area contributed by atoms with E-state index in [-0.39, 0.29) is 10.5 Å². The molecule has 0 N–H and O–H groups in total. The summed E-state index contributed by atoms with van der Waals surface area (Å²) in [6, 6.07) is 4.32. The number of likely N-dealkylation sites (N-methyl/N-ethyl adjacent to an activating group) is 1. The van der Waals surface area contributed by atoms with Gasteiger partial charge in [-0.1, -0.05) is 6.07 Å². The molecular formula is C23H33N4O3+. The lowest BCUT2D eigenvalue weighted by molar-refractivity contribution is -0.118. The van der Waals surface area contributed by atoms with Crippen LogP contribution in [0.5, 0.6) is 11.6 Å². The van der Waals surface area contributed by atoms with E-state index in [9.17, 15) is 4.79 Å². The van der Waals surface area contributed by atoms with E-state index < -0.39 is 0 Å². The quantitative estimate of drug-likeness (QED) is 0.464. The van der Waals surface area contributed by atoms with Crippen molar-refractivity contribution in [1.29, 1.82) is 0 Å². The van der Waals surface area contributed by atoms with Gasteiger partial charge in [-0.15, -0.1) is 0 Å². The van der Waals surface area contributed by atoms with Crippen LogP contribution in [-0.4, -0.2) is 68.7 Å². The summed E-state index contributed by atoms with van der Waals surface area (Å²) in [6.07, 6.45) is 3.08. The fraction of sp³-hybridized carbons (Fsp3) is 0.522. The van der Waals surface area contributed by atoms with Crippen molar-refractivity contribution >= 4 is 12.1 Å². The molecule has 1 atom stereocenters. The first-order valence-electron chi connectivity index (χ1n) is 10.3. The molecule has 30 heavy (non-hydrogen) atoms. The van der Waals surface area contributed by atoms with Gasteiger partial charge in [0, 0.05) is 19.4 Å². The Morgan fingerprint density at radius 1 is 1.13 bits per heavy atom. The molecule has 1 amide bonds. The van der Waals surface area contributed by atoms with Crippen molar-refractivity contribution < 1.29 is 14.3 Å². The number of aromatic nitrogens is 2. The van der Waals surface area contributed by atoms with Crippen molar-refractivity contribution in [2.24, 2.45) is 0 Å². The maximum absolute atomic E-state index is 12.5. The van der Waals surface area contributed by atoms with Crippen LogP contribution in [-0.2, 0) is 4.79 Å². The number of aryl methyl sites for hydroxylation is 3. The third kappa shape index (κ3) is 4.04. The van der Waals surface area contributed by atoms with Gasteiger partial charge in [-0.05, 0) is 52.1 Å². The first-order valence-corrected chi connectivity index (χ1v) is 10.3. The van der Waals surface area contributed by atoms with Crippen LogP contribution in [0.15, 0.2) is 12.1 Å². The van der Waals surface area contributed by atoms with Crippen LogP contribution in [0.4, 0.5) is 5.69 Å². The molecule has 0 saturated heterocycles. The van der Waals surface area contributed by atoms with E-state index in [4.69, 9.17) is 19.4 Å². The maximum Gasteiger partial charge on any atom is 0.307 e. The Bertz CT molecular complexity index is 941. The predicted octanol–water partition coefficient (Wildman–Crippen LogP) is 3.27. The summed E-state index contributed by atoms with van der Waals surface area (Å²) in [5.74, 6) is 1.74. The fourth-order valence-corrected chi connectivity index (χ4v) is 4.22. The van der Waals surface area contributed by atoms with Gasteiger partial charge in [-0.2, -0.15) is 4.98 Å². The van der Waals surface area contributed by atoms with Crippen LogP contribution < -0.4 is 14.0 Å². The summed E-state index contributed by atoms with van der Waals surface area (Å²) in [5.41, 5.74) is 4.52. The highest BCUT2D eigenvalue weighted by molar-refractivity contribution is 5.78. The number of carbonyl (C=O) groups excluding carboxylic acids is 1. The van der Waals surface area contributed by atoms with E-state index in [1.807, 2.05) is 40.9 Å². The zero-order chi connectivity index (χ0) is 22.1. The zero-order valence-electron chi connectivity index (χ0n) is 19.2. The second-order valence-electron chi connectivity index (χ2n) is 8.44. The molecule has 1 aromatic carbocycles. The summed E-state index contributed by atoms with van der Waals surface area (Å²) >= 11 is 0. The number of carbonyl (C=O) groups is 1. The van der Waals surface area contributed by atoms with Crippen LogP contribution in [0.1, 0.15) is 29.7 Å². The molecule has 162 valence electrons. The van der Waals surface area contributed by atoms with Gasteiger partial charge in [0.1, 0.15) is 24.0 Å². The lowest BCUT2D eigenvalue weighted by Crippen LogP contribution is -2.54. The molecule has 7 nitrogen and oxygen atoms in total. The molecule has 0 bridgehead atoms. The second-order valence-corrected chi connectivity index (χ2v) is 8.44. The fourth-order valence-electron chi connectivity index (χ4n) is 4.22. The number of amides is 1. The van der Waals surface area contributed by atoms with E-state index in [0.717, 1.165) is 59.6 Å². The smallest absolute Gasteiger partial charge is 0.307 e. The Morgan fingerprint density at radius 3 is 2.37 bits per heavy atom. The van der Waals surface area contributed by atoms with Gasteiger partial charge in [-0.25, -0.2) is 14.3 Å². The van der Waals surface area contributed by atoms with E-state index in [2.05, 4.69) is 11.0 Å². The van der Waals surface area contributed by atoms with Crippen LogP contribution >= 0.6 is 0 Å². The van der Waals surface area contributed by atoms with Crippen LogP contribution in [0.2, 0.25) is 0 Å². The molecule has 1 unspecified atom stereocenters. The van der Waals surface area contributed by atoms with Gasteiger partial charge < -0.3 is 14.4 Å². The molecule has 2 aromatic rings. The van der Waals surface area contributed by atoms with Crippen LogP contribution in [0.3, 0.4) is 0 Å². The van der Waals surface area contributed by atoms with E-state index in [0.29, 0.717) is 18.2 Å². The van der Waals surface area contributed by atoms with Crippen molar-refractivity contribution in [3.05, 3.63) is 29.0 Å². The summed E-state index contributed by atoms with van der Waals surface area (Å²) in [4.78, 5) is 24.2. The van der Waals surface area contributed by atoms with Gasteiger partial charge in [0.15, 0.2) is 5.82 Å². The minimum absolute atomic E-state index is 0.206. The van der Waals surface area contributed by atoms with Crippen molar-refractivity contribution in [3.63, 3.8) is 0 Å². The van der Waals surface area contributed by atoms with Crippen molar-refractivity contribution in [3.8, 4) is 23.0 Å². The van der Waals surface area contributed by atoms with Crippen LogP contribution in [0.25, 0.3) is 11.4 Å². The molecule has 1 aromatic heterocycles. The molecule has 0 radical (unpaired) electrons. The third-order valence-corrected chi connectivity index (χ3v) is 5.83. The highest BCUT2D eigenvalue weighted by Crippen LogP contribution is 2.44. The molecule has 1 heterocycles. The number of benzene rings is 1. The molecule has 1 aliphatic carbocycles. The molecule has 7 heteroatoms. The minimum Gasteiger partial charge on any atom is -0.496 e. The van der Waals surface area contributed by atoms with E-state index >= 15 is 0 Å². The Balaban J connectivity index is 2.19. The second kappa shape index (κ2) is 8.70. The number of rotatable bonds is 9. The average molecular weight is 414 g/mol. The highest BCUT2D eigenvalue weighted by Gasteiger charge is 2.50. The third-order valence-electron chi connectivity index (χ3n) is 5.83. The Kier molecular flexibility index (Phi) is 6.43. The first-order chi connectivity index (χ1) is 14.3. The van der Waals surface area contributed by atoms with Gasteiger partial charge in [0.05, 0.1) is 19.8 Å². The van der Waals surface area contributed by atoms with Gasteiger partial charge in [0.25, 0.3) is 5.88 Å². The monoisotopic (exact) mass is 413 g/mol. The number of hydrogen-bond donors (Lipinski definition) is 0. The predicted molar refractivity (Wildman–Crippen MR) is 119 cm³/mol. The minimum atomic E-state index is 0.206. The lowest BCUT2D eigenvalue weighted by atomic mass is 10.0. The molecular weight excluding hydrogens is 380 g/mol. The topological polar surface area (TPSA) is 64.5 Å². The SMILES string of the molecule is COc1cc(C)cc(C)c1-c1nc(C)c([N+](C=O)(CCN(C)C)C2CC2)c(OC)n1. The first kappa shape index (κ1) is 22.2. The normalized spacial score (nSPS) is 15.7. The van der Waals surface area contributed by atoms with Crippen molar-refractivity contribution in [2.75, 3.05) is 41.4 Å². The summed E-state index contributed by atoms with van der Waals surface area (Å²) in [6.45, 7) is 7.44. The Labute approximate surface area is 179 Å². The zero-order valence-corrected chi connectivity index (χ0v) is 19.2. The van der Waals surface area contributed by atoms with Crippen molar-refractivity contribution in [1.82, 2.24) is 19.4 Å². The molecule has 1 fully saturated rings. The van der Waals surface area contributed by atoms with E-state index in [1.54, 1.807) is 14.2 Å². The molecule has 1 saturated carbocycles. The standard InChI is InChI=1S/C23H33N4O3/c1-15-12-16(2)20(19(13-15)29-6)22-24-17(3)21(23(25-22)30-7)27(14-28,18-8-9-18)11-10-26(4)5/h12-14,18H,8-11H2,1-7H3/q+1. The van der Waals surface area contributed by atoms with Crippen molar-refractivity contribution in [2.45, 2.75) is 39.7 Å². The van der Waals surface area contributed by atoms with Gasteiger partial charge in [-0.3, -0.25) is 0 Å². The molecule has 1 aliphatic rings. The summed E-state index contributed by atoms with van der Waals surface area (Å²) < 4.78 is 11.6. The van der Waals surface area contributed by atoms with E-state index in [1.165, 1.54) is 0 Å².